The molecule has 1 atom stereocenters. The van der Waals surface area contributed by atoms with E-state index in [9.17, 15) is 18.2 Å². The Morgan fingerprint density at radius 1 is 0.903 bits per heavy atom. The molecule has 3 aromatic rings. The number of hydrogen-bond acceptors (Lipinski definition) is 3. The van der Waals surface area contributed by atoms with Crippen LogP contribution >= 0.6 is 67.1 Å². The third-order valence-electron chi connectivity index (χ3n) is 4.23. The minimum atomic E-state index is -5.02. The van der Waals surface area contributed by atoms with Crippen molar-refractivity contribution in [3.8, 4) is 5.75 Å². The minimum Gasteiger partial charge on any atom is -0.420 e. The average molecular weight is 657 g/mol. The fourth-order valence-electron chi connectivity index (χ4n) is 2.73. The summed E-state index contributed by atoms with van der Waals surface area (Å²) in [6, 6.07) is 21.1. The third kappa shape index (κ3) is 6.89. The van der Waals surface area contributed by atoms with Gasteiger partial charge in [-0.25, -0.2) is 4.57 Å². The van der Waals surface area contributed by atoms with Crippen molar-refractivity contribution >= 4 is 67.1 Å². The zero-order chi connectivity index (χ0) is 22.6. The van der Waals surface area contributed by atoms with Crippen LogP contribution in [0, 0.1) is 0 Å². The van der Waals surface area contributed by atoms with Crippen LogP contribution < -0.4 is 4.52 Å². The van der Waals surface area contributed by atoms with Gasteiger partial charge in [-0.05, 0) is 69.0 Å². The average Bonchev–Trinajstić information content (AvgIpc) is 2.72. The minimum absolute atomic E-state index is 0.0763. The maximum atomic E-state index is 12.6. The predicted octanol–water partition coefficient (Wildman–Crippen LogP) is 8.78. The van der Waals surface area contributed by atoms with Crippen molar-refractivity contribution in [3.63, 3.8) is 0 Å². The molecule has 0 fully saturated rings. The summed E-state index contributed by atoms with van der Waals surface area (Å²) in [5, 5.41) is 0.0763. The van der Waals surface area contributed by atoms with Crippen molar-refractivity contribution in [2.24, 2.45) is 0 Å². The molecule has 0 aliphatic rings. The van der Waals surface area contributed by atoms with Gasteiger partial charge in [0, 0.05) is 14.7 Å². The fourth-order valence-corrected chi connectivity index (χ4v) is 5.65. The summed E-state index contributed by atoms with van der Waals surface area (Å²) in [6.07, 6.45) is -3.47. The third-order valence-corrected chi connectivity index (χ3v) is 8.24. The van der Waals surface area contributed by atoms with Crippen LogP contribution in [0.25, 0.3) is 0 Å². The number of halogens is 5. The topological polar surface area (TPSA) is 46.5 Å². The first-order chi connectivity index (χ1) is 14.7. The molecule has 31 heavy (non-hydrogen) atoms. The lowest BCUT2D eigenvalue weighted by molar-refractivity contribution is 0.188. The molecule has 1 unspecified atom stereocenters. The van der Waals surface area contributed by atoms with E-state index in [4.69, 9.17) is 0 Å². The Balaban J connectivity index is 1.80. The Bertz CT molecular complexity index is 1040. The van der Waals surface area contributed by atoms with E-state index < -0.39 is 13.8 Å². The molecular weight excluding hydrogens is 641 g/mol. The monoisotopic (exact) mass is 654 g/mol. The first-order valence-electron chi connectivity index (χ1n) is 8.87. The summed E-state index contributed by atoms with van der Waals surface area (Å²) in [5.74, 6) is 0.527. The predicted molar refractivity (Wildman–Crippen MR) is 132 cm³/mol. The van der Waals surface area contributed by atoms with E-state index in [1.165, 1.54) is 6.07 Å². The van der Waals surface area contributed by atoms with E-state index >= 15 is 0 Å². The van der Waals surface area contributed by atoms with Crippen LogP contribution in [-0.2, 0) is 10.3 Å². The molecule has 0 heterocycles. The maximum Gasteiger partial charge on any atom is 0.442 e. The highest BCUT2D eigenvalue weighted by atomic mass is 79.9. The van der Waals surface area contributed by atoms with E-state index in [0.29, 0.717) is 10.2 Å². The molecule has 10 heteroatoms. The maximum absolute atomic E-state index is 12.6. The quantitative estimate of drug-likeness (QED) is 0.246. The van der Waals surface area contributed by atoms with Crippen molar-refractivity contribution in [1.82, 2.24) is 0 Å². The number of benzene rings is 3. The molecular formula is C21H16Br3F2O3PS. The van der Waals surface area contributed by atoms with E-state index in [1.54, 1.807) is 23.9 Å². The van der Waals surface area contributed by atoms with Gasteiger partial charge in [0.05, 0.1) is 9.72 Å². The molecule has 0 aromatic heterocycles. The standard InChI is InChI=1S/C21H16Br3F2O3PS/c22-16-6-2-14(3-7-16)20(15-4-8-17(23)9-5-15)31-12-13-1-10-19(18(24)11-13)29-30(27,28)21(25)26/h1-11,20-21H,12H2,(H,27,28). The Hall–Kier alpha value is -0.700. The fraction of sp³-hybridized carbons (Fsp3) is 0.143. The van der Waals surface area contributed by atoms with Gasteiger partial charge in [-0.1, -0.05) is 62.2 Å². The van der Waals surface area contributed by atoms with Crippen molar-refractivity contribution in [2.75, 3.05) is 0 Å². The van der Waals surface area contributed by atoms with Crippen molar-refractivity contribution in [1.29, 1.82) is 0 Å². The second-order valence-electron chi connectivity index (χ2n) is 6.49. The summed E-state index contributed by atoms with van der Waals surface area (Å²) in [6.45, 7) is 0. The lowest BCUT2D eigenvalue weighted by Crippen LogP contribution is -2.01. The molecule has 1 N–H and O–H groups in total. The molecule has 0 aliphatic carbocycles. The number of rotatable bonds is 8. The molecule has 3 aromatic carbocycles. The Labute approximate surface area is 208 Å². The zero-order valence-electron chi connectivity index (χ0n) is 15.7. The molecule has 0 aliphatic heterocycles. The molecule has 3 rings (SSSR count). The summed E-state index contributed by atoms with van der Waals surface area (Å²) in [5.41, 5.74) is 3.20. The van der Waals surface area contributed by atoms with E-state index in [2.05, 4.69) is 76.6 Å². The molecule has 0 saturated carbocycles. The van der Waals surface area contributed by atoms with Crippen LogP contribution in [-0.4, -0.2) is 11.1 Å². The number of thioether (sulfide) groups is 1. The number of hydrogen-bond donors (Lipinski definition) is 1. The lowest BCUT2D eigenvalue weighted by Gasteiger charge is -2.19. The van der Waals surface area contributed by atoms with Gasteiger partial charge in [0.15, 0.2) is 0 Å². The van der Waals surface area contributed by atoms with Gasteiger partial charge >= 0.3 is 13.8 Å². The van der Waals surface area contributed by atoms with Gasteiger partial charge in [0.25, 0.3) is 0 Å². The zero-order valence-corrected chi connectivity index (χ0v) is 22.2. The number of alkyl halides is 2. The second kappa shape index (κ2) is 10.9. The van der Waals surface area contributed by atoms with E-state index in [1.807, 2.05) is 24.3 Å². The summed E-state index contributed by atoms with van der Waals surface area (Å²) >= 11 is 11.9. The Morgan fingerprint density at radius 2 is 1.42 bits per heavy atom. The van der Waals surface area contributed by atoms with Gasteiger partial charge in [0.1, 0.15) is 5.75 Å². The van der Waals surface area contributed by atoms with Gasteiger partial charge < -0.3 is 9.42 Å². The van der Waals surface area contributed by atoms with Gasteiger partial charge in [-0.2, -0.15) is 8.78 Å². The molecule has 164 valence electrons. The molecule has 0 amide bonds. The second-order valence-corrected chi connectivity index (χ2v) is 12.0. The van der Waals surface area contributed by atoms with Gasteiger partial charge in [-0.15, -0.1) is 11.8 Å². The SMILES string of the molecule is O=P(O)(Oc1ccc(CSC(c2ccc(Br)cc2)c2ccc(Br)cc2)cc1Br)C(F)F. The van der Waals surface area contributed by atoms with Crippen LogP contribution in [0.2, 0.25) is 0 Å². The first kappa shape index (κ1) is 24.9. The Kier molecular flexibility index (Phi) is 8.80. The lowest BCUT2D eigenvalue weighted by atomic mass is 10.0. The summed E-state index contributed by atoms with van der Waals surface area (Å²) in [7, 11) is -5.02. The molecule has 0 spiro atoms. The highest BCUT2D eigenvalue weighted by Crippen LogP contribution is 2.50. The van der Waals surface area contributed by atoms with Crippen LogP contribution in [0.4, 0.5) is 8.78 Å². The summed E-state index contributed by atoms with van der Waals surface area (Å²) in [4.78, 5) is 9.26. The van der Waals surface area contributed by atoms with Crippen molar-refractivity contribution < 1.29 is 22.8 Å². The van der Waals surface area contributed by atoms with Crippen LogP contribution in [0.15, 0.2) is 80.1 Å². The molecule has 0 saturated heterocycles. The first-order valence-corrected chi connectivity index (χ1v) is 13.9. The van der Waals surface area contributed by atoms with E-state index in [-0.39, 0.29) is 11.0 Å². The van der Waals surface area contributed by atoms with Crippen LogP contribution in [0.3, 0.4) is 0 Å². The Morgan fingerprint density at radius 3 is 1.87 bits per heavy atom. The molecule has 0 bridgehead atoms. The van der Waals surface area contributed by atoms with Crippen molar-refractivity contribution in [2.45, 2.75) is 17.2 Å². The summed E-state index contributed by atoms with van der Waals surface area (Å²) < 4.78 is 43.7. The molecule has 0 radical (unpaired) electrons. The highest BCUT2D eigenvalue weighted by molar-refractivity contribution is 9.11. The smallest absolute Gasteiger partial charge is 0.420 e. The largest absolute Gasteiger partial charge is 0.442 e. The molecule has 3 nitrogen and oxygen atoms in total. The van der Waals surface area contributed by atoms with Crippen molar-refractivity contribution in [3.05, 3.63) is 96.8 Å². The van der Waals surface area contributed by atoms with Crippen LogP contribution in [0.1, 0.15) is 21.9 Å². The van der Waals surface area contributed by atoms with Gasteiger partial charge in [0.2, 0.25) is 0 Å². The van der Waals surface area contributed by atoms with E-state index in [0.717, 1.165) is 25.6 Å². The van der Waals surface area contributed by atoms with Crippen LogP contribution in [0.5, 0.6) is 5.75 Å². The normalized spacial score (nSPS) is 13.4. The van der Waals surface area contributed by atoms with Gasteiger partial charge in [-0.3, -0.25) is 0 Å². The highest BCUT2D eigenvalue weighted by Gasteiger charge is 2.34.